The number of aliphatic hydroxyl groups excluding tert-OH is 1. The smallest absolute Gasteiger partial charge is 0.222 e. The first-order valence-corrected chi connectivity index (χ1v) is 8.80. The van der Waals surface area contributed by atoms with E-state index in [9.17, 15) is 5.11 Å². The summed E-state index contributed by atoms with van der Waals surface area (Å²) in [5, 5.41) is 9.49. The van der Waals surface area contributed by atoms with Crippen LogP contribution in [0.1, 0.15) is 45.4 Å². The van der Waals surface area contributed by atoms with Crippen molar-refractivity contribution < 1.29 is 13.9 Å². The van der Waals surface area contributed by atoms with Crippen molar-refractivity contribution in [3.05, 3.63) is 17.8 Å². The second-order valence-electron chi connectivity index (χ2n) is 5.90. The molecule has 1 N–H and O–H groups in total. The highest BCUT2D eigenvalue weighted by Gasteiger charge is 2.37. The predicted molar refractivity (Wildman–Crippen MR) is 69.1 cm³/mol. The number of aromatic nitrogens is 1. The molecule has 1 atom stereocenters. The van der Waals surface area contributed by atoms with E-state index >= 15 is 0 Å². The molecule has 0 aromatic carbocycles. The average molecular weight is 257 g/mol. The summed E-state index contributed by atoms with van der Waals surface area (Å²) in [6.45, 7) is 13.1. The van der Waals surface area contributed by atoms with E-state index in [0.29, 0.717) is 12.5 Å². The first kappa shape index (κ1) is 14.4. The zero-order valence-corrected chi connectivity index (χ0v) is 12.6. The molecule has 1 aromatic rings. The van der Waals surface area contributed by atoms with E-state index in [4.69, 9.17) is 8.84 Å². The molecule has 1 unspecified atom stereocenters. The molecule has 5 heteroatoms. The van der Waals surface area contributed by atoms with Crippen molar-refractivity contribution in [3.63, 3.8) is 0 Å². The third kappa shape index (κ3) is 3.66. The maximum atomic E-state index is 9.31. The lowest BCUT2D eigenvalue weighted by molar-refractivity contribution is 0.163. The monoisotopic (exact) mass is 257 g/mol. The number of rotatable bonds is 4. The van der Waals surface area contributed by atoms with E-state index in [1.54, 1.807) is 13.2 Å². The van der Waals surface area contributed by atoms with Crippen molar-refractivity contribution in [3.8, 4) is 0 Å². The molecule has 1 aromatic heterocycles. The number of oxazole rings is 1. The summed E-state index contributed by atoms with van der Waals surface area (Å²) in [4.78, 5) is 4.18. The summed E-state index contributed by atoms with van der Waals surface area (Å²) >= 11 is 0. The third-order valence-electron chi connectivity index (χ3n) is 3.31. The third-order valence-corrected chi connectivity index (χ3v) is 7.79. The molecule has 0 bridgehead atoms. The minimum atomic E-state index is -1.75. The van der Waals surface area contributed by atoms with Crippen LogP contribution in [0.25, 0.3) is 0 Å². The average Bonchev–Trinajstić information content (AvgIpc) is 2.61. The Kier molecular flexibility index (Phi) is 4.17. The van der Waals surface area contributed by atoms with Crippen LogP contribution in [0.4, 0.5) is 0 Å². The minimum Gasteiger partial charge on any atom is -0.446 e. The molecule has 4 nitrogen and oxygen atoms in total. The fourth-order valence-corrected chi connectivity index (χ4v) is 1.99. The van der Waals surface area contributed by atoms with Gasteiger partial charge in [0.05, 0.1) is 6.61 Å². The maximum Gasteiger partial charge on any atom is 0.222 e. The molecule has 0 saturated heterocycles. The topological polar surface area (TPSA) is 55.5 Å². The first-order chi connectivity index (χ1) is 7.63. The van der Waals surface area contributed by atoms with Gasteiger partial charge in [-0.15, -0.1) is 0 Å². The van der Waals surface area contributed by atoms with Crippen molar-refractivity contribution in [2.45, 2.75) is 58.5 Å². The number of hydrogen-bond acceptors (Lipinski definition) is 4. The zero-order chi connectivity index (χ0) is 13.3. The van der Waals surface area contributed by atoms with E-state index < -0.39 is 14.4 Å². The van der Waals surface area contributed by atoms with Crippen LogP contribution in [0.5, 0.6) is 0 Å². The molecule has 1 rings (SSSR count). The molecule has 0 fully saturated rings. The Morgan fingerprint density at radius 1 is 1.47 bits per heavy atom. The first-order valence-electron chi connectivity index (χ1n) is 5.90. The van der Waals surface area contributed by atoms with Crippen LogP contribution in [-0.2, 0) is 11.0 Å². The molecular formula is C12H23NO3Si. The van der Waals surface area contributed by atoms with Crippen molar-refractivity contribution in [1.82, 2.24) is 4.98 Å². The van der Waals surface area contributed by atoms with Gasteiger partial charge in [-0.2, -0.15) is 0 Å². The Balaban J connectivity index is 2.61. The number of aliphatic hydroxyl groups is 1. The van der Waals surface area contributed by atoms with Crippen LogP contribution in [0.3, 0.4) is 0 Å². The van der Waals surface area contributed by atoms with E-state index in [1.165, 1.54) is 0 Å². The summed E-state index contributed by atoms with van der Waals surface area (Å²) in [6, 6.07) is 0. The van der Waals surface area contributed by atoms with Crippen molar-refractivity contribution >= 4 is 8.32 Å². The molecule has 0 amide bonds. The normalized spacial score (nSPS) is 15.0. The van der Waals surface area contributed by atoms with Gasteiger partial charge in [-0.3, -0.25) is 0 Å². The largest absolute Gasteiger partial charge is 0.446 e. The van der Waals surface area contributed by atoms with Crippen LogP contribution in [0.2, 0.25) is 18.1 Å². The summed E-state index contributed by atoms with van der Waals surface area (Å²) in [7, 11) is -1.75. The molecule has 1 heterocycles. The van der Waals surface area contributed by atoms with Crippen molar-refractivity contribution in [1.29, 1.82) is 0 Å². The van der Waals surface area contributed by atoms with E-state index in [0.717, 1.165) is 5.69 Å². The number of hydrogen-bond donors (Lipinski definition) is 1. The maximum absolute atomic E-state index is 9.31. The highest BCUT2D eigenvalue weighted by Crippen LogP contribution is 2.37. The van der Waals surface area contributed by atoms with Gasteiger partial charge in [-0.05, 0) is 25.1 Å². The van der Waals surface area contributed by atoms with E-state index in [2.05, 4.69) is 38.8 Å². The highest BCUT2D eigenvalue weighted by atomic mass is 28.4. The number of nitrogens with zero attached hydrogens (tertiary/aromatic N) is 1. The quantitative estimate of drug-likeness (QED) is 0.841. The second-order valence-corrected chi connectivity index (χ2v) is 10.7. The SMILES string of the molecule is CC(O)c1nc(CO[Si](C)(C)C(C)(C)C)co1. The van der Waals surface area contributed by atoms with Gasteiger partial charge < -0.3 is 13.9 Å². The van der Waals surface area contributed by atoms with Crippen LogP contribution >= 0.6 is 0 Å². The lowest BCUT2D eigenvalue weighted by Gasteiger charge is -2.35. The summed E-state index contributed by atoms with van der Waals surface area (Å²) in [5.41, 5.74) is 0.741. The summed E-state index contributed by atoms with van der Waals surface area (Å²) < 4.78 is 11.2. The molecule has 0 aliphatic carbocycles. The van der Waals surface area contributed by atoms with Crippen LogP contribution in [-0.4, -0.2) is 18.4 Å². The van der Waals surface area contributed by atoms with Crippen LogP contribution < -0.4 is 0 Å². The molecule has 0 aliphatic rings. The van der Waals surface area contributed by atoms with Crippen molar-refractivity contribution in [2.75, 3.05) is 0 Å². The Morgan fingerprint density at radius 3 is 2.47 bits per heavy atom. The Labute approximate surface area is 104 Å². The molecule has 0 spiro atoms. The van der Waals surface area contributed by atoms with Gasteiger partial charge in [-0.25, -0.2) is 4.98 Å². The molecule has 17 heavy (non-hydrogen) atoms. The molecule has 0 aliphatic heterocycles. The molecule has 0 radical (unpaired) electrons. The summed E-state index contributed by atoms with van der Waals surface area (Å²) in [5.74, 6) is 0.346. The van der Waals surface area contributed by atoms with Crippen LogP contribution in [0.15, 0.2) is 10.7 Å². The van der Waals surface area contributed by atoms with Crippen molar-refractivity contribution in [2.24, 2.45) is 0 Å². The zero-order valence-electron chi connectivity index (χ0n) is 11.6. The molecule has 0 saturated carbocycles. The Bertz CT molecular complexity index is 366. The van der Waals surface area contributed by atoms with Gasteiger partial charge in [0.15, 0.2) is 8.32 Å². The van der Waals surface area contributed by atoms with Gasteiger partial charge in [0.1, 0.15) is 18.1 Å². The Hall–Kier alpha value is -0.653. The fourth-order valence-electron chi connectivity index (χ4n) is 1.05. The Morgan fingerprint density at radius 2 is 2.06 bits per heavy atom. The lowest BCUT2D eigenvalue weighted by Crippen LogP contribution is -2.40. The van der Waals surface area contributed by atoms with Gasteiger partial charge in [0, 0.05) is 0 Å². The predicted octanol–water partition coefficient (Wildman–Crippen LogP) is 3.25. The standard InChI is InChI=1S/C12H23NO3Si/c1-9(14)11-13-10(7-15-11)8-16-17(5,6)12(2,3)4/h7,9,14H,8H2,1-6H3. The lowest BCUT2D eigenvalue weighted by atomic mass is 10.2. The van der Waals surface area contributed by atoms with Crippen LogP contribution in [0, 0.1) is 0 Å². The van der Waals surface area contributed by atoms with Gasteiger partial charge in [0.2, 0.25) is 5.89 Å². The van der Waals surface area contributed by atoms with Gasteiger partial charge in [-0.1, -0.05) is 20.8 Å². The molecular weight excluding hydrogens is 234 g/mol. The van der Waals surface area contributed by atoms with E-state index in [-0.39, 0.29) is 5.04 Å². The minimum absolute atomic E-state index is 0.184. The fraction of sp³-hybridized carbons (Fsp3) is 0.750. The second kappa shape index (κ2) is 4.92. The van der Waals surface area contributed by atoms with Gasteiger partial charge in [0.25, 0.3) is 0 Å². The molecule has 98 valence electrons. The summed E-state index contributed by atoms with van der Waals surface area (Å²) in [6.07, 6.45) is 0.881. The van der Waals surface area contributed by atoms with E-state index in [1.807, 2.05) is 0 Å². The van der Waals surface area contributed by atoms with Gasteiger partial charge >= 0.3 is 0 Å². The highest BCUT2D eigenvalue weighted by molar-refractivity contribution is 6.74.